The van der Waals surface area contributed by atoms with Crippen LogP contribution >= 0.6 is 0 Å². The Labute approximate surface area is 149 Å². The lowest BCUT2D eigenvalue weighted by Crippen LogP contribution is -2.31. The van der Waals surface area contributed by atoms with Crippen molar-refractivity contribution in [2.75, 3.05) is 26.8 Å². The molecule has 8 heteroatoms. The molecule has 1 heterocycles. The lowest BCUT2D eigenvalue weighted by molar-refractivity contribution is -0.154. The first-order valence-corrected chi connectivity index (χ1v) is 7.86. The van der Waals surface area contributed by atoms with E-state index in [2.05, 4.69) is 9.72 Å². The molecule has 0 atom stereocenters. The van der Waals surface area contributed by atoms with Gasteiger partial charge in [-0.25, -0.2) is 4.98 Å². The molecule has 0 radical (unpaired) electrons. The standard InChI is InChI=1S/C18H19F3N2O3/c1-13-5-3-6-14(11-13)25-10-9-23(2)17(24)15-7-4-8-22-16(15)26-12-18(19,20)21/h3-8,11H,9-10,12H2,1-2H3. The third-order valence-corrected chi connectivity index (χ3v) is 3.41. The quantitative estimate of drug-likeness (QED) is 0.751. The fraction of sp³-hybridized carbons (Fsp3) is 0.333. The van der Waals surface area contributed by atoms with Crippen molar-refractivity contribution in [3.63, 3.8) is 0 Å². The van der Waals surface area contributed by atoms with Gasteiger partial charge in [0.1, 0.15) is 17.9 Å². The van der Waals surface area contributed by atoms with Gasteiger partial charge in [0.25, 0.3) is 5.91 Å². The maximum atomic E-state index is 12.5. The summed E-state index contributed by atoms with van der Waals surface area (Å²) < 4.78 is 47.2. The highest BCUT2D eigenvalue weighted by Gasteiger charge is 2.30. The van der Waals surface area contributed by atoms with Crippen molar-refractivity contribution in [3.8, 4) is 11.6 Å². The number of nitrogens with zero attached hydrogens (tertiary/aromatic N) is 2. The number of pyridine rings is 1. The third kappa shape index (κ3) is 5.94. The highest BCUT2D eigenvalue weighted by atomic mass is 19.4. The number of likely N-dealkylation sites (N-methyl/N-ethyl adjacent to an activating group) is 1. The van der Waals surface area contributed by atoms with E-state index >= 15 is 0 Å². The Balaban J connectivity index is 1.95. The maximum Gasteiger partial charge on any atom is 0.422 e. The van der Waals surface area contributed by atoms with E-state index in [-0.39, 0.29) is 24.6 Å². The van der Waals surface area contributed by atoms with E-state index < -0.39 is 18.7 Å². The van der Waals surface area contributed by atoms with E-state index in [0.29, 0.717) is 5.75 Å². The first-order valence-electron chi connectivity index (χ1n) is 7.86. The smallest absolute Gasteiger partial charge is 0.422 e. The number of ether oxygens (including phenoxy) is 2. The van der Waals surface area contributed by atoms with Crippen molar-refractivity contribution in [1.29, 1.82) is 0 Å². The lowest BCUT2D eigenvalue weighted by Gasteiger charge is -2.19. The number of hydrogen-bond donors (Lipinski definition) is 0. The van der Waals surface area contributed by atoms with Crippen molar-refractivity contribution in [1.82, 2.24) is 9.88 Å². The van der Waals surface area contributed by atoms with Crippen LogP contribution in [0.5, 0.6) is 11.6 Å². The molecule has 140 valence electrons. The molecule has 0 aliphatic carbocycles. The number of alkyl halides is 3. The number of aryl methyl sites for hydroxylation is 1. The summed E-state index contributed by atoms with van der Waals surface area (Å²) >= 11 is 0. The number of amides is 1. The van der Waals surface area contributed by atoms with Gasteiger partial charge < -0.3 is 14.4 Å². The lowest BCUT2D eigenvalue weighted by atomic mass is 10.2. The number of halogens is 3. The van der Waals surface area contributed by atoms with Crippen LogP contribution in [0.1, 0.15) is 15.9 Å². The van der Waals surface area contributed by atoms with Crippen LogP contribution in [0.25, 0.3) is 0 Å². The first kappa shape index (κ1) is 19.6. The van der Waals surface area contributed by atoms with Gasteiger partial charge in [0.05, 0.1) is 6.54 Å². The fourth-order valence-electron chi connectivity index (χ4n) is 2.13. The molecule has 0 saturated heterocycles. The summed E-state index contributed by atoms with van der Waals surface area (Å²) in [5, 5.41) is 0. The van der Waals surface area contributed by atoms with Crippen molar-refractivity contribution in [2.24, 2.45) is 0 Å². The summed E-state index contributed by atoms with van der Waals surface area (Å²) in [4.78, 5) is 17.5. The molecule has 1 aromatic carbocycles. The summed E-state index contributed by atoms with van der Waals surface area (Å²) in [5.41, 5.74) is 1.02. The second-order valence-electron chi connectivity index (χ2n) is 5.65. The molecule has 1 aromatic heterocycles. The normalized spacial score (nSPS) is 11.1. The Morgan fingerprint density at radius 2 is 1.96 bits per heavy atom. The van der Waals surface area contributed by atoms with E-state index in [1.54, 1.807) is 6.07 Å². The van der Waals surface area contributed by atoms with Gasteiger partial charge >= 0.3 is 6.18 Å². The number of carbonyl (C=O) groups excluding carboxylic acids is 1. The molecule has 0 saturated carbocycles. The summed E-state index contributed by atoms with van der Waals surface area (Å²) in [5.74, 6) is -0.161. The van der Waals surface area contributed by atoms with Gasteiger partial charge in [0, 0.05) is 13.2 Å². The average molecular weight is 368 g/mol. The predicted molar refractivity (Wildman–Crippen MR) is 89.4 cm³/mol. The second-order valence-corrected chi connectivity index (χ2v) is 5.65. The number of aromatic nitrogens is 1. The molecule has 2 aromatic rings. The highest BCUT2D eigenvalue weighted by molar-refractivity contribution is 5.96. The van der Waals surface area contributed by atoms with Crippen LogP contribution in [0.3, 0.4) is 0 Å². The van der Waals surface area contributed by atoms with E-state index in [1.807, 2.05) is 25.1 Å². The zero-order chi connectivity index (χ0) is 19.2. The molecule has 0 N–H and O–H groups in total. The SMILES string of the molecule is Cc1cccc(OCCN(C)C(=O)c2cccnc2OCC(F)(F)F)c1. The van der Waals surface area contributed by atoms with Gasteiger partial charge in [-0.1, -0.05) is 12.1 Å². The number of benzene rings is 1. The van der Waals surface area contributed by atoms with Gasteiger partial charge in [-0.15, -0.1) is 0 Å². The van der Waals surface area contributed by atoms with Crippen LogP contribution in [0.15, 0.2) is 42.6 Å². The largest absolute Gasteiger partial charge is 0.492 e. The second kappa shape index (κ2) is 8.55. The Hall–Kier alpha value is -2.77. The Morgan fingerprint density at radius 3 is 2.65 bits per heavy atom. The Bertz CT molecular complexity index is 750. The highest BCUT2D eigenvalue weighted by Crippen LogP contribution is 2.21. The minimum atomic E-state index is -4.51. The monoisotopic (exact) mass is 368 g/mol. The fourth-order valence-corrected chi connectivity index (χ4v) is 2.13. The molecule has 26 heavy (non-hydrogen) atoms. The van der Waals surface area contributed by atoms with Gasteiger partial charge in [-0.3, -0.25) is 4.79 Å². The van der Waals surface area contributed by atoms with Crippen molar-refractivity contribution in [3.05, 3.63) is 53.7 Å². The molecular weight excluding hydrogens is 349 g/mol. The molecule has 5 nitrogen and oxygen atoms in total. The van der Waals surface area contributed by atoms with Crippen LogP contribution < -0.4 is 9.47 Å². The molecule has 0 bridgehead atoms. The molecule has 1 amide bonds. The Kier molecular flexibility index (Phi) is 6.43. The Morgan fingerprint density at radius 1 is 1.19 bits per heavy atom. The number of carbonyl (C=O) groups is 1. The minimum Gasteiger partial charge on any atom is -0.492 e. The zero-order valence-corrected chi connectivity index (χ0v) is 14.4. The van der Waals surface area contributed by atoms with Gasteiger partial charge in [0.15, 0.2) is 6.61 Å². The molecule has 0 aliphatic rings. The zero-order valence-electron chi connectivity index (χ0n) is 14.4. The number of rotatable bonds is 7. The summed E-state index contributed by atoms with van der Waals surface area (Å²) in [6.07, 6.45) is -3.24. The van der Waals surface area contributed by atoms with Crippen LogP contribution in [-0.4, -0.2) is 48.8 Å². The van der Waals surface area contributed by atoms with Crippen LogP contribution in [0.2, 0.25) is 0 Å². The van der Waals surface area contributed by atoms with Crippen LogP contribution in [-0.2, 0) is 0 Å². The van der Waals surface area contributed by atoms with Gasteiger partial charge in [-0.2, -0.15) is 13.2 Å². The summed E-state index contributed by atoms with van der Waals surface area (Å²) in [7, 11) is 1.53. The molecule has 0 spiro atoms. The number of hydrogen-bond acceptors (Lipinski definition) is 4. The summed E-state index contributed by atoms with van der Waals surface area (Å²) in [6.45, 7) is 0.920. The van der Waals surface area contributed by atoms with Crippen LogP contribution in [0, 0.1) is 6.92 Å². The molecule has 0 aliphatic heterocycles. The van der Waals surface area contributed by atoms with E-state index in [4.69, 9.17) is 4.74 Å². The van der Waals surface area contributed by atoms with E-state index in [0.717, 1.165) is 5.56 Å². The minimum absolute atomic E-state index is 0.0326. The van der Waals surface area contributed by atoms with Crippen molar-refractivity contribution >= 4 is 5.91 Å². The summed E-state index contributed by atoms with van der Waals surface area (Å²) in [6, 6.07) is 10.3. The average Bonchev–Trinajstić information content (AvgIpc) is 2.59. The molecule has 2 rings (SSSR count). The van der Waals surface area contributed by atoms with E-state index in [1.165, 1.54) is 30.3 Å². The van der Waals surface area contributed by atoms with Crippen LogP contribution in [0.4, 0.5) is 13.2 Å². The van der Waals surface area contributed by atoms with Gasteiger partial charge in [-0.05, 0) is 36.8 Å². The third-order valence-electron chi connectivity index (χ3n) is 3.41. The predicted octanol–water partition coefficient (Wildman–Crippen LogP) is 3.48. The van der Waals surface area contributed by atoms with Crippen molar-refractivity contribution in [2.45, 2.75) is 13.1 Å². The first-order chi connectivity index (χ1) is 12.3. The van der Waals surface area contributed by atoms with Crippen molar-refractivity contribution < 1.29 is 27.4 Å². The maximum absolute atomic E-state index is 12.5. The molecule has 0 fully saturated rings. The molecular formula is C18H19F3N2O3. The van der Waals surface area contributed by atoms with Gasteiger partial charge in [0.2, 0.25) is 5.88 Å². The topological polar surface area (TPSA) is 51.7 Å². The van der Waals surface area contributed by atoms with E-state index in [9.17, 15) is 18.0 Å². The molecule has 0 unspecified atom stereocenters.